The highest BCUT2D eigenvalue weighted by molar-refractivity contribution is 5.78. The lowest BCUT2D eigenvalue weighted by atomic mass is 10.0. The maximum absolute atomic E-state index is 12.1. The van der Waals surface area contributed by atoms with E-state index in [9.17, 15) is 4.79 Å². The largest absolute Gasteiger partial charge is 0.483 e. The van der Waals surface area contributed by atoms with Crippen molar-refractivity contribution in [1.29, 1.82) is 0 Å². The van der Waals surface area contributed by atoms with Crippen LogP contribution in [0.3, 0.4) is 0 Å². The van der Waals surface area contributed by atoms with Crippen LogP contribution >= 0.6 is 0 Å². The number of fused-ring (bicyclic) bond motifs is 1. The summed E-state index contributed by atoms with van der Waals surface area (Å²) >= 11 is 0. The molecule has 1 heterocycles. The molecule has 0 atom stereocenters. The number of carbonyl (C=O) groups is 1. The molecular weight excluding hydrogens is 314 g/mol. The van der Waals surface area contributed by atoms with E-state index in [4.69, 9.17) is 4.74 Å². The first-order valence-electron chi connectivity index (χ1n) is 8.46. The van der Waals surface area contributed by atoms with Crippen LogP contribution in [0.2, 0.25) is 0 Å². The highest BCUT2D eigenvalue weighted by Crippen LogP contribution is 2.24. The fourth-order valence-corrected chi connectivity index (χ4v) is 2.60. The van der Waals surface area contributed by atoms with E-state index in [1.165, 1.54) is 5.56 Å². The molecule has 2 N–H and O–H groups in total. The highest BCUT2D eigenvalue weighted by atomic mass is 16.5. The third-order valence-corrected chi connectivity index (χ3v) is 4.13. The predicted octanol–water partition coefficient (Wildman–Crippen LogP) is 3.69. The average Bonchev–Trinajstić information content (AvgIpc) is 3.02. The van der Waals surface area contributed by atoms with Crippen LogP contribution in [-0.4, -0.2) is 22.5 Å². The normalized spacial score (nSPS) is 11.0. The molecule has 25 heavy (non-hydrogen) atoms. The molecule has 5 heteroatoms. The fourth-order valence-electron chi connectivity index (χ4n) is 2.60. The Kier molecular flexibility index (Phi) is 5.03. The van der Waals surface area contributed by atoms with Gasteiger partial charge in [0.2, 0.25) is 0 Å². The van der Waals surface area contributed by atoms with E-state index in [1.54, 1.807) is 0 Å². The van der Waals surface area contributed by atoms with E-state index in [0.29, 0.717) is 12.5 Å². The predicted molar refractivity (Wildman–Crippen MR) is 98.7 cm³/mol. The zero-order chi connectivity index (χ0) is 17.8. The lowest BCUT2D eigenvalue weighted by Gasteiger charge is -2.12. The van der Waals surface area contributed by atoms with E-state index in [0.717, 1.165) is 28.2 Å². The van der Waals surface area contributed by atoms with Crippen LogP contribution < -0.4 is 10.1 Å². The van der Waals surface area contributed by atoms with Crippen molar-refractivity contribution in [3.63, 3.8) is 0 Å². The standard InChI is InChI=1S/C20H23N3O2/c1-13(2)15-9-8-14(3)18(10-15)25-12-20(24)21-11-19-22-16-6-4-5-7-17(16)23-19/h4-10,13H,11-12H2,1-3H3,(H,21,24)(H,22,23). The molecule has 0 saturated heterocycles. The van der Waals surface area contributed by atoms with Crippen LogP contribution in [-0.2, 0) is 11.3 Å². The van der Waals surface area contributed by atoms with Gasteiger partial charge in [-0.15, -0.1) is 0 Å². The second kappa shape index (κ2) is 7.38. The topological polar surface area (TPSA) is 67.0 Å². The van der Waals surface area contributed by atoms with Crippen molar-refractivity contribution in [2.75, 3.05) is 6.61 Å². The number of nitrogens with one attached hydrogen (secondary N) is 2. The number of rotatable bonds is 6. The van der Waals surface area contributed by atoms with Gasteiger partial charge in [-0.2, -0.15) is 0 Å². The Morgan fingerprint density at radius 1 is 1.24 bits per heavy atom. The number of aromatic amines is 1. The van der Waals surface area contributed by atoms with Gasteiger partial charge in [-0.3, -0.25) is 4.79 Å². The number of hydrogen-bond acceptors (Lipinski definition) is 3. The first-order chi connectivity index (χ1) is 12.0. The smallest absolute Gasteiger partial charge is 0.258 e. The molecule has 0 aliphatic rings. The van der Waals surface area contributed by atoms with Gasteiger partial charge in [-0.25, -0.2) is 4.98 Å². The van der Waals surface area contributed by atoms with Gasteiger partial charge in [-0.05, 0) is 42.2 Å². The third kappa shape index (κ3) is 4.18. The summed E-state index contributed by atoms with van der Waals surface area (Å²) in [5.74, 6) is 1.73. The minimum absolute atomic E-state index is 0.0113. The van der Waals surface area contributed by atoms with Crippen LogP contribution in [0.4, 0.5) is 0 Å². The number of aromatic nitrogens is 2. The number of imidazole rings is 1. The zero-order valence-corrected chi connectivity index (χ0v) is 14.8. The molecule has 0 fully saturated rings. The van der Waals surface area contributed by atoms with E-state index < -0.39 is 0 Å². The number of ether oxygens (including phenoxy) is 1. The summed E-state index contributed by atoms with van der Waals surface area (Å²) in [5.41, 5.74) is 4.08. The number of para-hydroxylation sites is 2. The monoisotopic (exact) mass is 337 g/mol. The Bertz CT molecular complexity index is 851. The molecule has 1 amide bonds. The van der Waals surface area contributed by atoms with Gasteiger partial charge in [-0.1, -0.05) is 38.1 Å². The van der Waals surface area contributed by atoms with E-state index in [2.05, 4.69) is 35.2 Å². The number of hydrogen-bond donors (Lipinski definition) is 2. The van der Waals surface area contributed by atoms with Crippen molar-refractivity contribution in [3.8, 4) is 5.75 Å². The molecule has 0 spiro atoms. The Labute approximate surface area is 147 Å². The van der Waals surface area contributed by atoms with Crippen molar-refractivity contribution in [2.45, 2.75) is 33.2 Å². The Morgan fingerprint density at radius 3 is 2.80 bits per heavy atom. The quantitative estimate of drug-likeness (QED) is 0.721. The lowest BCUT2D eigenvalue weighted by Crippen LogP contribution is -2.28. The maximum Gasteiger partial charge on any atom is 0.258 e. The number of nitrogens with zero attached hydrogens (tertiary/aromatic N) is 1. The molecule has 1 aromatic heterocycles. The maximum atomic E-state index is 12.1. The Hall–Kier alpha value is -2.82. The van der Waals surface area contributed by atoms with E-state index >= 15 is 0 Å². The molecular formula is C20H23N3O2. The van der Waals surface area contributed by atoms with Crippen molar-refractivity contribution in [1.82, 2.24) is 15.3 Å². The van der Waals surface area contributed by atoms with Crippen molar-refractivity contribution >= 4 is 16.9 Å². The second-order valence-corrected chi connectivity index (χ2v) is 6.45. The zero-order valence-electron chi connectivity index (χ0n) is 14.8. The summed E-state index contributed by atoms with van der Waals surface area (Å²) in [5, 5.41) is 2.83. The molecule has 2 aromatic carbocycles. The van der Waals surface area contributed by atoms with Crippen molar-refractivity contribution < 1.29 is 9.53 Å². The SMILES string of the molecule is Cc1ccc(C(C)C)cc1OCC(=O)NCc1nc2ccccc2[nH]1. The van der Waals surface area contributed by atoms with Gasteiger partial charge in [0, 0.05) is 0 Å². The van der Waals surface area contributed by atoms with Gasteiger partial charge in [0.15, 0.2) is 6.61 Å². The molecule has 0 bridgehead atoms. The van der Waals surface area contributed by atoms with Crippen LogP contribution in [0.25, 0.3) is 11.0 Å². The minimum atomic E-state index is -0.171. The molecule has 3 aromatic rings. The molecule has 130 valence electrons. The summed E-state index contributed by atoms with van der Waals surface area (Å²) < 4.78 is 5.69. The van der Waals surface area contributed by atoms with Gasteiger partial charge in [0.25, 0.3) is 5.91 Å². The van der Waals surface area contributed by atoms with Crippen LogP contribution in [0, 0.1) is 6.92 Å². The van der Waals surface area contributed by atoms with E-state index in [-0.39, 0.29) is 12.5 Å². The molecule has 0 radical (unpaired) electrons. The average molecular weight is 337 g/mol. The Balaban J connectivity index is 1.55. The van der Waals surface area contributed by atoms with Gasteiger partial charge in [0.1, 0.15) is 11.6 Å². The molecule has 0 saturated carbocycles. The number of carbonyl (C=O) groups excluding carboxylic acids is 1. The van der Waals surface area contributed by atoms with Crippen LogP contribution in [0.15, 0.2) is 42.5 Å². The molecule has 0 aliphatic carbocycles. The highest BCUT2D eigenvalue weighted by Gasteiger charge is 2.09. The van der Waals surface area contributed by atoms with Crippen molar-refractivity contribution in [3.05, 3.63) is 59.4 Å². The number of aryl methyl sites for hydroxylation is 1. The molecule has 3 rings (SSSR count). The number of amides is 1. The van der Waals surface area contributed by atoms with Crippen LogP contribution in [0.5, 0.6) is 5.75 Å². The minimum Gasteiger partial charge on any atom is -0.483 e. The fraction of sp³-hybridized carbons (Fsp3) is 0.300. The van der Waals surface area contributed by atoms with Crippen LogP contribution in [0.1, 0.15) is 36.7 Å². The van der Waals surface area contributed by atoms with E-state index in [1.807, 2.05) is 43.3 Å². The summed E-state index contributed by atoms with van der Waals surface area (Å²) in [6.07, 6.45) is 0. The van der Waals surface area contributed by atoms with Crippen molar-refractivity contribution in [2.24, 2.45) is 0 Å². The van der Waals surface area contributed by atoms with Gasteiger partial charge >= 0.3 is 0 Å². The van der Waals surface area contributed by atoms with Gasteiger partial charge in [0.05, 0.1) is 17.6 Å². The lowest BCUT2D eigenvalue weighted by molar-refractivity contribution is -0.123. The summed E-state index contributed by atoms with van der Waals surface area (Å²) in [6.45, 7) is 6.58. The summed E-state index contributed by atoms with van der Waals surface area (Å²) in [7, 11) is 0. The number of benzene rings is 2. The number of H-pyrrole nitrogens is 1. The molecule has 5 nitrogen and oxygen atoms in total. The first kappa shape index (κ1) is 17.0. The van der Waals surface area contributed by atoms with Gasteiger partial charge < -0.3 is 15.0 Å². The summed E-state index contributed by atoms with van der Waals surface area (Å²) in [6, 6.07) is 13.9. The third-order valence-electron chi connectivity index (χ3n) is 4.13. The Morgan fingerprint density at radius 2 is 2.04 bits per heavy atom. The first-order valence-corrected chi connectivity index (χ1v) is 8.46. The second-order valence-electron chi connectivity index (χ2n) is 6.45. The molecule has 0 aliphatic heterocycles. The molecule has 0 unspecified atom stereocenters. The summed E-state index contributed by atoms with van der Waals surface area (Å²) in [4.78, 5) is 19.7.